The number of rotatable bonds is 10. The van der Waals surface area contributed by atoms with Crippen molar-refractivity contribution >= 4 is 24.3 Å². The zero-order chi connectivity index (χ0) is 49.1. The van der Waals surface area contributed by atoms with Crippen molar-refractivity contribution in [3.63, 3.8) is 0 Å². The van der Waals surface area contributed by atoms with E-state index in [1.165, 1.54) is 0 Å². The number of hydrogen-bond acceptors (Lipinski definition) is 8. The molecule has 4 aromatic carbocycles. The van der Waals surface area contributed by atoms with Gasteiger partial charge in [0.05, 0.1) is 49.6 Å². The molecule has 0 saturated carbocycles. The zero-order valence-electron chi connectivity index (χ0n) is 38.8. The maximum Gasteiger partial charge on any atom is 0.194 e. The summed E-state index contributed by atoms with van der Waals surface area (Å²) in [5, 5.41) is 9.18. The Morgan fingerprint density at radius 3 is 1.29 bits per heavy atom. The van der Waals surface area contributed by atoms with E-state index in [4.69, 9.17) is 9.47 Å². The Kier molecular flexibility index (Phi) is 13.8. The lowest BCUT2D eigenvalue weighted by molar-refractivity contribution is 0.412. The van der Waals surface area contributed by atoms with Crippen LogP contribution in [0, 0.1) is 48.8 Å². The number of aromatic nitrogens is 10. The van der Waals surface area contributed by atoms with E-state index in [1.807, 2.05) is 83.9 Å². The molecule has 70 heavy (non-hydrogen) atoms. The molecule has 0 N–H and O–H groups in total. The maximum absolute atomic E-state index is 13.9. The van der Waals surface area contributed by atoms with Crippen LogP contribution in [-0.2, 0) is 13.1 Å². The topological polar surface area (TPSA) is 116 Å². The molecule has 18 heteroatoms. The van der Waals surface area contributed by atoms with Crippen molar-refractivity contribution in [2.75, 3.05) is 14.2 Å². The van der Waals surface area contributed by atoms with E-state index in [0.717, 1.165) is 83.8 Å². The van der Waals surface area contributed by atoms with Crippen molar-refractivity contribution in [2.24, 2.45) is 0 Å². The average Bonchev–Trinajstić information content (AvgIpc) is 4.14. The highest BCUT2D eigenvalue weighted by Gasteiger charge is 2.28. The molecule has 0 aliphatic carbocycles. The fourth-order valence-corrected chi connectivity index (χ4v) is 8.86. The van der Waals surface area contributed by atoms with Gasteiger partial charge >= 0.3 is 0 Å². The monoisotopic (exact) mass is 958 g/mol. The molecule has 8 aromatic rings. The number of ether oxygens (including phenoxy) is 2. The molecular weight excluding hydrogens is 911 g/mol. The summed E-state index contributed by atoms with van der Waals surface area (Å²) in [5.41, 5.74) is 6.08. The highest BCUT2D eigenvalue weighted by molar-refractivity contribution is 5.70. The van der Waals surface area contributed by atoms with Gasteiger partial charge in [-0.3, -0.25) is 0 Å². The first-order valence-electron chi connectivity index (χ1n) is 22.8. The fraction of sp³-hybridized carbons (Fsp3) is 0.269. The smallest absolute Gasteiger partial charge is 0.194 e. The molecule has 10 rings (SSSR count). The van der Waals surface area contributed by atoms with Gasteiger partial charge < -0.3 is 18.6 Å². The predicted octanol–water partition coefficient (Wildman–Crippen LogP) is 11.4. The summed E-state index contributed by atoms with van der Waals surface area (Å²) in [5.74, 6) is -4.83. The first-order chi connectivity index (χ1) is 33.8. The van der Waals surface area contributed by atoms with Crippen LogP contribution in [0.15, 0.2) is 85.7 Å². The van der Waals surface area contributed by atoms with Gasteiger partial charge in [-0.15, -0.1) is 0 Å². The van der Waals surface area contributed by atoms with Crippen LogP contribution in [0.25, 0.3) is 35.7 Å². The second kappa shape index (κ2) is 20.5. The highest BCUT2D eigenvalue weighted by Crippen LogP contribution is 2.35. The van der Waals surface area contributed by atoms with Crippen LogP contribution in [0.1, 0.15) is 107 Å². The lowest BCUT2D eigenvalue weighted by atomic mass is 9.93. The lowest BCUT2D eigenvalue weighted by Crippen LogP contribution is -2.09. The van der Waals surface area contributed by atoms with Gasteiger partial charge in [-0.05, 0) is 122 Å². The predicted molar refractivity (Wildman–Crippen MR) is 252 cm³/mol. The second-order valence-electron chi connectivity index (χ2n) is 17.2. The van der Waals surface area contributed by atoms with E-state index in [-0.39, 0.29) is 11.8 Å². The molecule has 0 unspecified atom stereocenters. The fourth-order valence-electron chi connectivity index (χ4n) is 8.86. The number of fused-ring (bicyclic) bond motifs is 2. The molecule has 0 amide bonds. The van der Waals surface area contributed by atoms with E-state index in [2.05, 4.69) is 30.1 Å². The summed E-state index contributed by atoms with van der Waals surface area (Å²) >= 11 is 0. The van der Waals surface area contributed by atoms with Crippen LogP contribution < -0.4 is 9.47 Å². The van der Waals surface area contributed by atoms with Crippen LogP contribution in [0.2, 0.25) is 0 Å². The third-order valence-corrected chi connectivity index (χ3v) is 12.3. The average molecular weight is 959 g/mol. The first-order valence-corrected chi connectivity index (χ1v) is 22.8. The molecular formula is C52H48F6N10O2. The van der Waals surface area contributed by atoms with Gasteiger partial charge in [0.1, 0.15) is 23.1 Å². The number of aryl methyl sites for hydroxylation is 4. The van der Waals surface area contributed by atoms with Gasteiger partial charge in [0, 0.05) is 37.3 Å². The molecule has 0 bridgehead atoms. The Hall–Kier alpha value is -7.76. The molecule has 0 saturated heterocycles. The minimum absolute atomic E-state index is 0.363. The van der Waals surface area contributed by atoms with Crippen LogP contribution in [0.5, 0.6) is 11.5 Å². The van der Waals surface area contributed by atoms with Crippen molar-refractivity contribution in [2.45, 2.75) is 77.3 Å². The molecule has 2 aliphatic heterocycles. The summed E-state index contributed by atoms with van der Waals surface area (Å²) in [7, 11) is 3.23. The standard InChI is InChI=1S/2C26H24F3N5O/c2*1-16-14-33(15-30-16)22-8-6-17(11-23(22)35-2)7-9-24-31-26-19(5-3-4-10-34(26)32-24)18-12-20(27)25(29)21(28)13-18/h2*6-9,11-15,19H,3-5,10H2,1-2H3/b2*9-7+/t2*19-/m10/s1. The molecule has 2 atom stereocenters. The van der Waals surface area contributed by atoms with E-state index in [0.29, 0.717) is 71.9 Å². The van der Waals surface area contributed by atoms with Crippen LogP contribution >= 0.6 is 0 Å². The van der Waals surface area contributed by atoms with Gasteiger partial charge in [-0.25, -0.2) is 55.6 Å². The molecule has 0 fully saturated rings. The summed E-state index contributed by atoms with van der Waals surface area (Å²) < 4.78 is 101. The molecule has 0 spiro atoms. The summed E-state index contributed by atoms with van der Waals surface area (Å²) in [6.07, 6.45) is 19.4. The number of nitrogens with zero attached hydrogens (tertiary/aromatic N) is 10. The molecule has 6 heterocycles. The molecule has 2 aliphatic rings. The van der Waals surface area contributed by atoms with E-state index in [9.17, 15) is 26.3 Å². The van der Waals surface area contributed by atoms with Crippen molar-refractivity contribution in [1.82, 2.24) is 48.6 Å². The van der Waals surface area contributed by atoms with E-state index < -0.39 is 34.9 Å². The molecule has 360 valence electrons. The molecule has 0 radical (unpaired) electrons. The van der Waals surface area contributed by atoms with Gasteiger partial charge in [0.2, 0.25) is 0 Å². The third-order valence-electron chi connectivity index (χ3n) is 12.3. The lowest BCUT2D eigenvalue weighted by Gasteiger charge is -2.14. The number of imidazole rings is 2. The number of hydrogen-bond donors (Lipinski definition) is 0. The van der Waals surface area contributed by atoms with Crippen molar-refractivity contribution < 1.29 is 35.8 Å². The zero-order valence-corrected chi connectivity index (χ0v) is 38.8. The second-order valence-corrected chi connectivity index (χ2v) is 17.2. The Bertz CT molecular complexity index is 2980. The minimum Gasteiger partial charge on any atom is -0.495 e. The van der Waals surface area contributed by atoms with Gasteiger partial charge in [0.15, 0.2) is 46.6 Å². The van der Waals surface area contributed by atoms with Crippen molar-refractivity contribution in [3.8, 4) is 22.9 Å². The van der Waals surface area contributed by atoms with Crippen molar-refractivity contribution in [3.05, 3.63) is 178 Å². The van der Waals surface area contributed by atoms with Crippen LogP contribution in [0.4, 0.5) is 26.3 Å². The Labute approximate surface area is 399 Å². The number of benzene rings is 4. The first kappa shape index (κ1) is 47.3. The van der Waals surface area contributed by atoms with Gasteiger partial charge in [0.25, 0.3) is 0 Å². The number of methoxy groups -OCH3 is 2. The minimum atomic E-state index is -1.46. The maximum atomic E-state index is 13.9. The Balaban J connectivity index is 0.000000174. The Morgan fingerprint density at radius 2 is 0.929 bits per heavy atom. The van der Waals surface area contributed by atoms with Gasteiger partial charge in [-0.1, -0.05) is 37.1 Å². The quantitative estimate of drug-likeness (QED) is 0.0983. The van der Waals surface area contributed by atoms with Gasteiger partial charge in [-0.2, -0.15) is 10.2 Å². The molecule has 12 nitrogen and oxygen atoms in total. The summed E-state index contributed by atoms with van der Waals surface area (Å²) in [6.45, 7) is 5.16. The van der Waals surface area contributed by atoms with Crippen LogP contribution in [-0.4, -0.2) is 62.9 Å². The summed E-state index contributed by atoms with van der Waals surface area (Å²) in [6, 6.07) is 15.8. The van der Waals surface area contributed by atoms with Crippen LogP contribution in [0.3, 0.4) is 0 Å². The molecule has 4 aromatic heterocycles. The Morgan fingerprint density at radius 1 is 0.529 bits per heavy atom. The largest absolute Gasteiger partial charge is 0.495 e. The summed E-state index contributed by atoms with van der Waals surface area (Å²) in [4.78, 5) is 17.8. The van der Waals surface area contributed by atoms with Crippen molar-refractivity contribution in [1.29, 1.82) is 0 Å². The SMILES string of the molecule is COc1cc(/C=C/c2nc3n(n2)CCCC[C@@H]3c2cc(F)c(F)c(F)c2)ccc1-n1cnc(C)c1.COc1cc(/C=C/c2nc3n(n2)CCCC[C@H]3c2cc(F)c(F)c(F)c2)ccc1-n1cnc(C)c1. The van der Waals surface area contributed by atoms with E-state index >= 15 is 0 Å². The van der Waals surface area contributed by atoms with E-state index in [1.54, 1.807) is 48.4 Å². The third kappa shape index (κ3) is 10.2. The normalized spacial score (nSPS) is 15.9. The highest BCUT2D eigenvalue weighted by atomic mass is 19.2. The number of halogens is 6.